The molecule has 0 atom stereocenters. The molecule has 20 nitrogen and oxygen atoms in total. The second kappa shape index (κ2) is 29.2. The first-order valence-electron chi connectivity index (χ1n) is 21.6. The monoisotopic (exact) mass is 1050 g/mol. The van der Waals surface area contributed by atoms with E-state index in [1.165, 1.54) is 58.9 Å². The van der Waals surface area contributed by atoms with Crippen molar-refractivity contribution in [3.8, 4) is 0 Å². The van der Waals surface area contributed by atoms with Crippen LogP contribution in [0.5, 0.6) is 0 Å². The van der Waals surface area contributed by atoms with Crippen molar-refractivity contribution in [2.45, 2.75) is 79.7 Å². The zero-order chi connectivity index (χ0) is 49.7. The lowest BCUT2D eigenvalue weighted by Gasteiger charge is -2.37. The summed E-state index contributed by atoms with van der Waals surface area (Å²) in [5, 5.41) is 22.4. The van der Waals surface area contributed by atoms with Crippen molar-refractivity contribution in [3.05, 3.63) is 72.8 Å². The largest absolute Gasteiger partial charge is 0.395 e. The van der Waals surface area contributed by atoms with Gasteiger partial charge in [-0.1, -0.05) is 0 Å². The van der Waals surface area contributed by atoms with Crippen molar-refractivity contribution in [2.75, 3.05) is 88.1 Å². The van der Waals surface area contributed by atoms with E-state index in [1.807, 2.05) is 6.92 Å². The number of amides is 2. The lowest BCUT2D eigenvalue weighted by molar-refractivity contribution is -0.121. The number of carbonyl (C=O) groups excluding carboxylic acids is 4. The number of piperidine rings is 3. The number of rotatable bonds is 10. The average molecular weight is 1050 g/mol. The predicted molar refractivity (Wildman–Crippen MR) is 263 cm³/mol. The fourth-order valence-electron chi connectivity index (χ4n) is 6.73. The minimum absolute atomic E-state index is 0. The molecule has 0 aromatic heterocycles. The van der Waals surface area contributed by atoms with E-state index >= 15 is 0 Å². The Bertz CT molecular complexity index is 2380. The van der Waals surface area contributed by atoms with Crippen LogP contribution in [0.4, 0.5) is 17.1 Å². The van der Waals surface area contributed by atoms with Crippen molar-refractivity contribution in [2.24, 2.45) is 5.73 Å². The van der Waals surface area contributed by atoms with Crippen molar-refractivity contribution in [1.29, 1.82) is 0 Å². The quantitative estimate of drug-likeness (QED) is 0.144. The number of hydrogen-bond acceptors (Lipinski definition) is 16. The van der Waals surface area contributed by atoms with Crippen molar-refractivity contribution in [1.82, 2.24) is 19.2 Å². The summed E-state index contributed by atoms with van der Waals surface area (Å²) in [6.07, 6.45) is 3.40. The van der Waals surface area contributed by atoms with Gasteiger partial charge in [0, 0.05) is 139 Å². The van der Waals surface area contributed by atoms with E-state index in [4.69, 9.17) is 26.3 Å². The molecule has 380 valence electrons. The van der Waals surface area contributed by atoms with Crippen molar-refractivity contribution >= 4 is 92.6 Å². The van der Waals surface area contributed by atoms with Gasteiger partial charge in [0.15, 0.2) is 0 Å². The summed E-state index contributed by atoms with van der Waals surface area (Å²) in [7, 11) is -5.57. The standard InChI is InChI=1S/C15H21N3O4S.C13H18N2O3S.C8H8ClNO3S.C5H9NO.C2H7NO.ClH/c1-12(19)17-13-2-4-14(5-3-13)23(20,21)18-9-6-15(7-10-18)16-8-11-22-15;1-2-14-11-3-5-13(6-4-11)19(17,18)15-9-7-12(16)8-10-15;1-6(11)10-7-2-4-8(5-3-7)14(9,12)13;7-5-1-3-6-4-2-5;3-1-2-4;/h2-5,16H,6-11H2,1H3,(H,17,19);3-6,14H,2,7-10H2,1H3;2-5H,1H3,(H,10,11);6H,1-4H2;4H,1-3H2;1H. The molecule has 0 aliphatic carbocycles. The Morgan fingerprint density at radius 2 is 1.09 bits per heavy atom. The summed E-state index contributed by atoms with van der Waals surface area (Å²) in [6, 6.07) is 18.5. The number of carbonyl (C=O) groups is 4. The minimum atomic E-state index is -3.69. The van der Waals surface area contributed by atoms with Gasteiger partial charge in [-0.15, -0.1) is 12.4 Å². The Morgan fingerprint density at radius 1 is 0.691 bits per heavy atom. The zero-order valence-corrected chi connectivity index (χ0v) is 42.4. The molecule has 4 saturated heterocycles. The van der Waals surface area contributed by atoms with E-state index in [-0.39, 0.29) is 70.1 Å². The number of aliphatic hydroxyl groups is 1. The Hall–Kier alpha value is -4.11. The molecule has 4 aliphatic heterocycles. The Labute approximate surface area is 410 Å². The molecule has 0 saturated carbocycles. The van der Waals surface area contributed by atoms with E-state index < -0.39 is 29.1 Å². The fourth-order valence-corrected chi connectivity index (χ4v) is 10.4. The smallest absolute Gasteiger partial charge is 0.261 e. The first-order chi connectivity index (χ1) is 31.6. The van der Waals surface area contributed by atoms with E-state index in [0.29, 0.717) is 69.1 Å². The number of aliphatic hydroxyl groups excluding tert-OH is 1. The van der Waals surface area contributed by atoms with Gasteiger partial charge in [0.1, 0.15) is 17.3 Å². The lowest BCUT2D eigenvalue weighted by Crippen LogP contribution is -2.52. The highest BCUT2D eigenvalue weighted by Gasteiger charge is 2.41. The van der Waals surface area contributed by atoms with E-state index in [9.17, 15) is 44.4 Å². The maximum Gasteiger partial charge on any atom is 0.261 e. The second-order valence-electron chi connectivity index (χ2n) is 15.3. The molecule has 2 amide bonds. The van der Waals surface area contributed by atoms with Gasteiger partial charge in [0.05, 0.1) is 27.9 Å². The summed E-state index contributed by atoms with van der Waals surface area (Å²) < 4.78 is 80.4. The lowest BCUT2D eigenvalue weighted by atomic mass is 10.0. The van der Waals surface area contributed by atoms with Crippen LogP contribution in [0.15, 0.2) is 87.5 Å². The zero-order valence-electron chi connectivity index (χ0n) is 38.4. The van der Waals surface area contributed by atoms with Gasteiger partial charge in [-0.3, -0.25) is 24.5 Å². The first kappa shape index (κ1) is 60.0. The molecular weight excluding hydrogens is 988 g/mol. The highest BCUT2D eigenvalue weighted by molar-refractivity contribution is 8.13. The Balaban J connectivity index is 0.000000318. The minimum Gasteiger partial charge on any atom is -0.395 e. The van der Waals surface area contributed by atoms with Crippen LogP contribution >= 0.6 is 23.1 Å². The molecule has 8 N–H and O–H groups in total. The van der Waals surface area contributed by atoms with Gasteiger partial charge >= 0.3 is 0 Å². The van der Waals surface area contributed by atoms with Gasteiger partial charge in [-0.25, -0.2) is 25.3 Å². The summed E-state index contributed by atoms with van der Waals surface area (Å²) >= 11 is 0. The van der Waals surface area contributed by atoms with Gasteiger partial charge in [0.25, 0.3) is 9.05 Å². The van der Waals surface area contributed by atoms with Crippen LogP contribution in [0.3, 0.4) is 0 Å². The SMILES string of the molecule is CC(=O)Nc1ccc(S(=O)(=O)Cl)cc1.CC(=O)Nc1ccc(S(=O)(=O)N2CCC3(CC2)NCCO3)cc1.CCNc1ccc(S(=O)(=O)N2CCC(=O)CC2)cc1.Cl.NCCO.O=C1CCNCC1. The number of sulfonamides is 2. The second-order valence-corrected chi connectivity index (χ2v) is 21.8. The molecule has 4 aliphatic rings. The summed E-state index contributed by atoms with van der Waals surface area (Å²) in [6.45, 7) is 10.7. The van der Waals surface area contributed by atoms with Crippen molar-refractivity contribution < 1.29 is 54.3 Å². The topological polar surface area (TPSA) is 293 Å². The number of nitrogens with one attached hydrogen (secondary N) is 5. The van der Waals surface area contributed by atoms with Crippen LogP contribution in [-0.4, -0.2) is 140 Å². The fraction of sp³-hybridized carbons (Fsp3) is 0.488. The molecule has 0 bridgehead atoms. The van der Waals surface area contributed by atoms with Crippen LogP contribution < -0.4 is 32.3 Å². The number of halogens is 2. The third-order valence-electron chi connectivity index (χ3n) is 10.2. The van der Waals surface area contributed by atoms with Gasteiger partial charge in [0.2, 0.25) is 31.9 Å². The maximum absolute atomic E-state index is 12.7. The molecule has 68 heavy (non-hydrogen) atoms. The molecule has 25 heteroatoms. The third kappa shape index (κ3) is 20.1. The van der Waals surface area contributed by atoms with Crippen LogP contribution in [0.1, 0.15) is 59.3 Å². The highest BCUT2D eigenvalue weighted by Crippen LogP contribution is 2.30. The molecule has 0 radical (unpaired) electrons. The van der Waals surface area contributed by atoms with Crippen molar-refractivity contribution in [3.63, 3.8) is 0 Å². The Kier molecular flexibility index (Phi) is 25.7. The molecule has 0 unspecified atom stereocenters. The molecule has 3 aromatic rings. The van der Waals surface area contributed by atoms with Crippen LogP contribution in [0, 0.1) is 0 Å². The number of nitrogens with zero attached hydrogens (tertiary/aromatic N) is 2. The Morgan fingerprint density at radius 3 is 1.43 bits per heavy atom. The average Bonchev–Trinajstić information content (AvgIpc) is 3.75. The van der Waals surface area contributed by atoms with E-state index in [1.54, 1.807) is 36.4 Å². The van der Waals surface area contributed by atoms with E-state index in [2.05, 4.69) is 26.6 Å². The molecular formula is C43H64Cl2N8O12S3. The normalized spacial score (nSPS) is 17.1. The summed E-state index contributed by atoms with van der Waals surface area (Å²) in [4.78, 5) is 43.8. The first-order valence-corrected chi connectivity index (χ1v) is 26.8. The molecule has 1 spiro atoms. The number of nitrogens with two attached hydrogens (primary N) is 1. The number of anilines is 3. The molecule has 4 fully saturated rings. The molecule has 4 heterocycles. The van der Waals surface area contributed by atoms with Crippen LogP contribution in [-0.2, 0) is 53.0 Å². The molecule has 7 rings (SSSR count). The number of benzene rings is 3. The van der Waals surface area contributed by atoms with Crippen LogP contribution in [0.25, 0.3) is 0 Å². The van der Waals surface area contributed by atoms with E-state index in [0.717, 1.165) is 44.7 Å². The third-order valence-corrected chi connectivity index (χ3v) is 15.4. The number of ketones is 2. The highest BCUT2D eigenvalue weighted by atomic mass is 35.7. The number of hydrogen-bond donors (Lipinski definition) is 7. The van der Waals surface area contributed by atoms with Gasteiger partial charge in [-0.2, -0.15) is 8.61 Å². The molecule has 3 aromatic carbocycles. The predicted octanol–water partition coefficient (Wildman–Crippen LogP) is 3.09. The summed E-state index contributed by atoms with van der Waals surface area (Å²) in [5.74, 6) is 0.130. The number of Topliss-reactive ketones (excluding diaryl/α,β-unsaturated/α-hetero) is 2. The van der Waals surface area contributed by atoms with Crippen LogP contribution in [0.2, 0.25) is 0 Å². The summed E-state index contributed by atoms with van der Waals surface area (Å²) in [5.41, 5.74) is 6.44. The number of ether oxygens (including phenoxy) is 1. The van der Waals surface area contributed by atoms with Gasteiger partial charge < -0.3 is 36.8 Å². The maximum atomic E-state index is 12.7. The van der Waals surface area contributed by atoms with Gasteiger partial charge in [-0.05, 0) is 79.7 Å².